The van der Waals surface area contributed by atoms with Gasteiger partial charge in [-0.2, -0.15) is 0 Å². The molecule has 2 aromatic rings. The Morgan fingerprint density at radius 3 is 2.25 bits per heavy atom. The Kier molecular flexibility index (Phi) is 9.29. The van der Waals surface area contributed by atoms with Gasteiger partial charge in [0.15, 0.2) is 0 Å². The maximum Gasteiger partial charge on any atom is 0.267 e. The number of nitrogens with one attached hydrogen (secondary N) is 1. The third kappa shape index (κ3) is 6.52. The number of hydrogen-bond donors (Lipinski definition) is 1. The van der Waals surface area contributed by atoms with Gasteiger partial charge in [0.25, 0.3) is 5.91 Å². The van der Waals surface area contributed by atoms with Crippen LogP contribution in [0.5, 0.6) is 0 Å². The lowest BCUT2D eigenvalue weighted by Crippen LogP contribution is -2.38. The van der Waals surface area contributed by atoms with Crippen molar-refractivity contribution in [3.63, 3.8) is 0 Å². The van der Waals surface area contributed by atoms with E-state index >= 15 is 0 Å². The number of aryl methyl sites for hydroxylation is 2. The van der Waals surface area contributed by atoms with Crippen LogP contribution < -0.4 is 5.32 Å². The Morgan fingerprint density at radius 2 is 1.64 bits per heavy atom. The van der Waals surface area contributed by atoms with Crippen molar-refractivity contribution < 1.29 is 4.79 Å². The Hall–Kier alpha value is -2.07. The predicted molar refractivity (Wildman–Crippen MR) is 119 cm³/mol. The first-order valence-electron chi connectivity index (χ1n) is 10.9. The van der Waals surface area contributed by atoms with E-state index in [1.807, 2.05) is 10.6 Å². The number of rotatable bonds is 6. The highest BCUT2D eigenvalue weighted by atomic mass is 16.1. The molecular weight excluding hydrogens is 346 g/mol. The highest BCUT2D eigenvalue weighted by Gasteiger charge is 2.15. The number of nitrogens with zero attached hydrogens (tertiary/aromatic N) is 2. The Balaban J connectivity index is 0.000000878. The van der Waals surface area contributed by atoms with Crippen LogP contribution in [0.1, 0.15) is 62.5 Å². The van der Waals surface area contributed by atoms with Gasteiger partial charge >= 0.3 is 0 Å². The van der Waals surface area contributed by atoms with Gasteiger partial charge < -0.3 is 14.8 Å². The fraction of sp³-hybridized carbons (Fsp3) is 0.542. The van der Waals surface area contributed by atoms with Crippen LogP contribution in [0.3, 0.4) is 0 Å². The Labute approximate surface area is 170 Å². The lowest BCUT2D eigenvalue weighted by molar-refractivity contribution is 0.0937. The van der Waals surface area contributed by atoms with Crippen LogP contribution in [-0.4, -0.2) is 41.6 Å². The summed E-state index contributed by atoms with van der Waals surface area (Å²) in [6.45, 7) is 13.2. The van der Waals surface area contributed by atoms with E-state index in [-0.39, 0.29) is 5.91 Å². The van der Waals surface area contributed by atoms with Crippen molar-refractivity contribution in [2.45, 2.75) is 59.9 Å². The average molecular weight is 384 g/mol. The van der Waals surface area contributed by atoms with Crippen molar-refractivity contribution in [2.24, 2.45) is 0 Å². The van der Waals surface area contributed by atoms with Crippen molar-refractivity contribution in [3.8, 4) is 11.1 Å². The predicted octanol–water partition coefficient (Wildman–Crippen LogP) is 5.12. The van der Waals surface area contributed by atoms with Gasteiger partial charge in [0.05, 0.1) is 0 Å². The van der Waals surface area contributed by atoms with E-state index in [0.29, 0.717) is 6.54 Å². The van der Waals surface area contributed by atoms with Crippen molar-refractivity contribution in [1.29, 1.82) is 0 Å². The second-order valence-electron chi connectivity index (χ2n) is 7.63. The van der Waals surface area contributed by atoms with Crippen LogP contribution in [-0.2, 0) is 6.54 Å². The summed E-state index contributed by atoms with van der Waals surface area (Å²) >= 11 is 0. The van der Waals surface area contributed by atoms with Gasteiger partial charge in [-0.15, -0.1) is 0 Å². The lowest BCUT2D eigenvalue weighted by Gasteiger charge is -2.26. The summed E-state index contributed by atoms with van der Waals surface area (Å²) < 4.78 is 2.03. The van der Waals surface area contributed by atoms with Crippen molar-refractivity contribution >= 4 is 5.91 Å². The van der Waals surface area contributed by atoms with Crippen molar-refractivity contribution in [3.05, 3.63) is 47.8 Å². The number of carbonyl (C=O) groups excluding carboxylic acids is 1. The molecule has 1 N–H and O–H groups in total. The molecule has 4 nitrogen and oxygen atoms in total. The summed E-state index contributed by atoms with van der Waals surface area (Å²) in [5.41, 5.74) is 4.24. The van der Waals surface area contributed by atoms with Crippen LogP contribution in [0.4, 0.5) is 0 Å². The first-order valence-corrected chi connectivity index (χ1v) is 10.9. The maximum atomic E-state index is 12.6. The number of benzene rings is 1. The molecule has 1 amide bonds. The zero-order valence-electron chi connectivity index (χ0n) is 18.1. The fourth-order valence-corrected chi connectivity index (χ4v) is 3.47. The SMILES string of the molecule is CCC.CCn1cc(-c2ccc(C)cc2)cc1C(=O)NCCN1CCCCC1. The van der Waals surface area contributed by atoms with E-state index in [0.717, 1.165) is 29.9 Å². The van der Waals surface area contributed by atoms with Gasteiger partial charge in [-0.05, 0) is 51.4 Å². The maximum absolute atomic E-state index is 12.6. The van der Waals surface area contributed by atoms with E-state index in [1.54, 1.807) is 0 Å². The molecule has 0 radical (unpaired) electrons. The van der Waals surface area contributed by atoms with Gasteiger partial charge in [-0.25, -0.2) is 0 Å². The number of hydrogen-bond acceptors (Lipinski definition) is 2. The highest BCUT2D eigenvalue weighted by molar-refractivity contribution is 5.94. The van der Waals surface area contributed by atoms with Crippen LogP contribution in [0.15, 0.2) is 36.5 Å². The van der Waals surface area contributed by atoms with Crippen molar-refractivity contribution in [2.75, 3.05) is 26.2 Å². The molecule has 0 bridgehead atoms. The summed E-state index contributed by atoms with van der Waals surface area (Å²) in [4.78, 5) is 15.1. The minimum Gasteiger partial charge on any atom is -0.349 e. The summed E-state index contributed by atoms with van der Waals surface area (Å²) in [5.74, 6) is 0.0252. The smallest absolute Gasteiger partial charge is 0.267 e. The quantitative estimate of drug-likeness (QED) is 0.752. The zero-order valence-corrected chi connectivity index (χ0v) is 18.1. The minimum atomic E-state index is 0.0252. The number of carbonyl (C=O) groups is 1. The summed E-state index contributed by atoms with van der Waals surface area (Å²) in [7, 11) is 0. The first kappa shape index (κ1) is 22.2. The number of aromatic nitrogens is 1. The lowest BCUT2D eigenvalue weighted by atomic mass is 10.1. The molecule has 1 aliphatic heterocycles. The summed E-state index contributed by atoms with van der Waals surface area (Å²) in [5, 5.41) is 3.09. The molecule has 154 valence electrons. The molecular formula is C24H37N3O. The van der Waals surface area contributed by atoms with Crippen LogP contribution in [0.25, 0.3) is 11.1 Å². The molecule has 0 spiro atoms. The van der Waals surface area contributed by atoms with E-state index in [2.05, 4.69) is 68.4 Å². The molecule has 1 saturated heterocycles. The average Bonchev–Trinajstić information content (AvgIpc) is 3.14. The van der Waals surface area contributed by atoms with E-state index in [4.69, 9.17) is 0 Å². The van der Waals surface area contributed by atoms with Crippen molar-refractivity contribution in [1.82, 2.24) is 14.8 Å². The number of likely N-dealkylation sites (tertiary alicyclic amines) is 1. The number of amides is 1. The molecule has 4 heteroatoms. The second kappa shape index (κ2) is 11.7. The number of piperidine rings is 1. The Morgan fingerprint density at radius 1 is 1.00 bits per heavy atom. The standard InChI is InChI=1S/C21H29N3O.C3H8/c1-3-24-16-19(18-9-7-17(2)8-10-18)15-20(24)21(25)22-11-14-23-12-5-4-6-13-23;1-3-2/h7-10,15-16H,3-6,11-14H2,1-2H3,(H,22,25);3H2,1-2H3. The monoisotopic (exact) mass is 383 g/mol. The zero-order chi connectivity index (χ0) is 20.4. The van der Waals surface area contributed by atoms with Gasteiger partial charge in [0.1, 0.15) is 5.69 Å². The molecule has 2 heterocycles. The molecule has 1 aromatic carbocycles. The van der Waals surface area contributed by atoms with Crippen LogP contribution in [0, 0.1) is 6.92 Å². The van der Waals surface area contributed by atoms with E-state index < -0.39 is 0 Å². The Bertz CT molecular complexity index is 712. The van der Waals surface area contributed by atoms with E-state index in [1.165, 1.54) is 44.3 Å². The summed E-state index contributed by atoms with van der Waals surface area (Å²) in [6.07, 6.45) is 7.23. The molecule has 1 aliphatic rings. The minimum absolute atomic E-state index is 0.0252. The molecule has 0 atom stereocenters. The summed E-state index contributed by atoms with van der Waals surface area (Å²) in [6, 6.07) is 10.4. The second-order valence-corrected chi connectivity index (χ2v) is 7.63. The molecule has 1 fully saturated rings. The topological polar surface area (TPSA) is 37.3 Å². The molecule has 0 aliphatic carbocycles. The van der Waals surface area contributed by atoms with Gasteiger partial charge in [0.2, 0.25) is 0 Å². The fourth-order valence-electron chi connectivity index (χ4n) is 3.47. The molecule has 0 saturated carbocycles. The highest BCUT2D eigenvalue weighted by Crippen LogP contribution is 2.23. The normalized spacial score (nSPS) is 14.3. The van der Waals surface area contributed by atoms with Crippen LogP contribution >= 0.6 is 0 Å². The van der Waals surface area contributed by atoms with E-state index in [9.17, 15) is 4.79 Å². The van der Waals surface area contributed by atoms with Gasteiger partial charge in [-0.3, -0.25) is 4.79 Å². The first-order chi connectivity index (χ1) is 13.6. The largest absolute Gasteiger partial charge is 0.349 e. The molecule has 28 heavy (non-hydrogen) atoms. The molecule has 1 aromatic heterocycles. The van der Waals surface area contributed by atoms with Crippen LogP contribution in [0.2, 0.25) is 0 Å². The third-order valence-electron chi connectivity index (χ3n) is 5.02. The van der Waals surface area contributed by atoms with Gasteiger partial charge in [-0.1, -0.05) is 56.5 Å². The van der Waals surface area contributed by atoms with Gasteiger partial charge in [0, 0.05) is 31.4 Å². The molecule has 3 rings (SSSR count). The molecule has 0 unspecified atom stereocenters. The third-order valence-corrected chi connectivity index (χ3v) is 5.02.